The van der Waals surface area contributed by atoms with Crippen molar-refractivity contribution in [3.63, 3.8) is 0 Å². The highest BCUT2D eigenvalue weighted by Crippen LogP contribution is 2.12. The van der Waals surface area contributed by atoms with Gasteiger partial charge < -0.3 is 5.32 Å². The number of hydrogen-bond acceptors (Lipinski definition) is 1. The van der Waals surface area contributed by atoms with E-state index in [1.54, 1.807) is 0 Å². The number of rotatable bonds is 4. The molecule has 2 rings (SSSR count). The smallest absolute Gasteiger partial charge is 0.0384 e. The van der Waals surface area contributed by atoms with Gasteiger partial charge in [0.15, 0.2) is 0 Å². The third-order valence-corrected chi connectivity index (χ3v) is 2.40. The molecule has 0 aliphatic rings. The fraction of sp³-hybridized carbons (Fsp3) is 0. The second-order valence-corrected chi connectivity index (χ2v) is 3.71. The zero-order chi connectivity index (χ0) is 11.9. The molecule has 0 fully saturated rings. The van der Waals surface area contributed by atoms with Crippen molar-refractivity contribution in [2.75, 3.05) is 5.32 Å². The van der Waals surface area contributed by atoms with Gasteiger partial charge in [0.25, 0.3) is 0 Å². The van der Waals surface area contributed by atoms with Gasteiger partial charge in [0.05, 0.1) is 0 Å². The average molecular weight is 221 g/mol. The van der Waals surface area contributed by atoms with E-state index in [1.165, 1.54) is 0 Å². The topological polar surface area (TPSA) is 12.0 Å². The molecule has 0 spiro atoms. The van der Waals surface area contributed by atoms with Crippen molar-refractivity contribution in [1.29, 1.82) is 0 Å². The van der Waals surface area contributed by atoms with Crippen LogP contribution in [0.4, 0.5) is 5.69 Å². The summed E-state index contributed by atoms with van der Waals surface area (Å²) in [5, 5.41) is 3.32. The lowest BCUT2D eigenvalue weighted by Crippen LogP contribution is -1.95. The number of hydrogen-bond donors (Lipinski definition) is 1. The van der Waals surface area contributed by atoms with Crippen molar-refractivity contribution in [2.24, 2.45) is 0 Å². The van der Waals surface area contributed by atoms with Crippen LogP contribution in [0.25, 0.3) is 6.08 Å². The van der Waals surface area contributed by atoms with Gasteiger partial charge in [0.2, 0.25) is 0 Å². The maximum absolute atomic E-state index is 3.82. The monoisotopic (exact) mass is 221 g/mol. The van der Waals surface area contributed by atoms with Gasteiger partial charge in [-0.1, -0.05) is 55.1 Å². The SMILES string of the molecule is C=CC(=Cc1ccccc1)Nc1ccccc1. The molecule has 0 heterocycles. The summed E-state index contributed by atoms with van der Waals surface area (Å²) in [6.07, 6.45) is 3.89. The predicted molar refractivity (Wildman–Crippen MR) is 74.7 cm³/mol. The third kappa shape index (κ3) is 3.35. The van der Waals surface area contributed by atoms with Crippen LogP contribution in [0.15, 0.2) is 79.0 Å². The number of para-hydroxylation sites is 1. The average Bonchev–Trinajstić information content (AvgIpc) is 2.40. The van der Waals surface area contributed by atoms with Crippen LogP contribution in [0.3, 0.4) is 0 Å². The third-order valence-electron chi connectivity index (χ3n) is 2.40. The Morgan fingerprint density at radius 2 is 1.47 bits per heavy atom. The van der Waals surface area contributed by atoms with E-state index in [4.69, 9.17) is 0 Å². The van der Waals surface area contributed by atoms with E-state index in [2.05, 4.69) is 30.1 Å². The van der Waals surface area contributed by atoms with Gasteiger partial charge >= 0.3 is 0 Å². The second kappa shape index (κ2) is 5.71. The highest BCUT2D eigenvalue weighted by atomic mass is 14.9. The number of allylic oxidation sites excluding steroid dienone is 1. The summed E-state index contributed by atoms with van der Waals surface area (Å²) in [6.45, 7) is 3.82. The number of anilines is 1. The number of benzene rings is 2. The van der Waals surface area contributed by atoms with E-state index in [0.717, 1.165) is 16.9 Å². The fourth-order valence-corrected chi connectivity index (χ4v) is 1.56. The molecule has 17 heavy (non-hydrogen) atoms. The summed E-state index contributed by atoms with van der Waals surface area (Å²) in [4.78, 5) is 0. The fourth-order valence-electron chi connectivity index (χ4n) is 1.56. The van der Waals surface area contributed by atoms with Crippen molar-refractivity contribution < 1.29 is 0 Å². The minimum Gasteiger partial charge on any atom is -0.356 e. The molecule has 0 aromatic heterocycles. The van der Waals surface area contributed by atoms with Crippen molar-refractivity contribution >= 4 is 11.8 Å². The van der Waals surface area contributed by atoms with Crippen molar-refractivity contribution in [3.05, 3.63) is 84.6 Å². The maximum Gasteiger partial charge on any atom is 0.0384 e. The maximum atomic E-state index is 3.82. The Morgan fingerprint density at radius 1 is 0.882 bits per heavy atom. The van der Waals surface area contributed by atoms with Crippen LogP contribution in [0.5, 0.6) is 0 Å². The normalized spacial score (nSPS) is 10.9. The van der Waals surface area contributed by atoms with Crippen LogP contribution in [0, 0.1) is 0 Å². The van der Waals surface area contributed by atoms with E-state index in [-0.39, 0.29) is 0 Å². The van der Waals surface area contributed by atoms with Crippen molar-refractivity contribution in [1.82, 2.24) is 0 Å². The first-order valence-corrected chi connectivity index (χ1v) is 5.60. The molecule has 0 aliphatic heterocycles. The molecule has 0 radical (unpaired) electrons. The van der Waals surface area contributed by atoms with E-state index in [1.807, 2.05) is 54.6 Å². The van der Waals surface area contributed by atoms with E-state index >= 15 is 0 Å². The summed E-state index contributed by atoms with van der Waals surface area (Å²) in [6, 6.07) is 20.3. The predicted octanol–water partition coefficient (Wildman–Crippen LogP) is 4.33. The summed E-state index contributed by atoms with van der Waals surface area (Å²) >= 11 is 0. The van der Waals surface area contributed by atoms with Crippen LogP contribution in [0.2, 0.25) is 0 Å². The van der Waals surface area contributed by atoms with Gasteiger partial charge in [-0.25, -0.2) is 0 Å². The zero-order valence-corrected chi connectivity index (χ0v) is 9.64. The first kappa shape index (κ1) is 11.2. The molecule has 0 atom stereocenters. The summed E-state index contributed by atoms with van der Waals surface area (Å²) in [7, 11) is 0. The first-order chi connectivity index (χ1) is 8.38. The molecule has 1 N–H and O–H groups in total. The summed E-state index contributed by atoms with van der Waals surface area (Å²) in [5.41, 5.74) is 3.21. The van der Waals surface area contributed by atoms with Crippen LogP contribution < -0.4 is 5.32 Å². The minimum atomic E-state index is 0.988. The van der Waals surface area contributed by atoms with Crippen LogP contribution >= 0.6 is 0 Å². The molecule has 84 valence electrons. The molecule has 1 nitrogen and oxygen atoms in total. The Labute approximate surface area is 102 Å². The molecule has 0 unspecified atom stereocenters. The summed E-state index contributed by atoms with van der Waals surface area (Å²) in [5.74, 6) is 0. The van der Waals surface area contributed by atoms with Crippen LogP contribution in [-0.2, 0) is 0 Å². The molecule has 2 aromatic rings. The first-order valence-electron chi connectivity index (χ1n) is 5.60. The molecule has 2 aromatic carbocycles. The largest absolute Gasteiger partial charge is 0.356 e. The number of nitrogens with one attached hydrogen (secondary N) is 1. The van der Waals surface area contributed by atoms with Crippen LogP contribution in [-0.4, -0.2) is 0 Å². The van der Waals surface area contributed by atoms with Crippen molar-refractivity contribution in [3.8, 4) is 0 Å². The van der Waals surface area contributed by atoms with Crippen LogP contribution in [0.1, 0.15) is 5.56 Å². The second-order valence-electron chi connectivity index (χ2n) is 3.71. The van der Waals surface area contributed by atoms with Gasteiger partial charge in [-0.2, -0.15) is 0 Å². The lowest BCUT2D eigenvalue weighted by atomic mass is 10.2. The van der Waals surface area contributed by atoms with E-state index < -0.39 is 0 Å². The lowest BCUT2D eigenvalue weighted by molar-refractivity contribution is 1.49. The van der Waals surface area contributed by atoms with Gasteiger partial charge in [0.1, 0.15) is 0 Å². The van der Waals surface area contributed by atoms with E-state index in [9.17, 15) is 0 Å². The van der Waals surface area contributed by atoms with E-state index in [0.29, 0.717) is 0 Å². The van der Waals surface area contributed by atoms with Gasteiger partial charge in [-0.05, 0) is 29.8 Å². The Morgan fingerprint density at radius 3 is 2.06 bits per heavy atom. The zero-order valence-electron chi connectivity index (χ0n) is 9.64. The molecule has 0 saturated carbocycles. The standard InChI is InChI=1S/C16H15N/c1-2-15(13-14-9-5-3-6-10-14)17-16-11-7-4-8-12-16/h2-13,17H,1H2. The quantitative estimate of drug-likeness (QED) is 0.758. The molecule has 1 heteroatoms. The molecular weight excluding hydrogens is 206 g/mol. The highest BCUT2D eigenvalue weighted by Gasteiger charge is 1.93. The Balaban J connectivity index is 2.18. The van der Waals surface area contributed by atoms with Gasteiger partial charge in [0, 0.05) is 11.4 Å². The van der Waals surface area contributed by atoms with Crippen molar-refractivity contribution in [2.45, 2.75) is 0 Å². The molecule has 0 saturated heterocycles. The molecule has 0 aliphatic carbocycles. The van der Waals surface area contributed by atoms with Gasteiger partial charge in [-0.3, -0.25) is 0 Å². The molecule has 0 bridgehead atoms. The lowest BCUT2D eigenvalue weighted by Gasteiger charge is -2.06. The summed E-state index contributed by atoms with van der Waals surface area (Å²) < 4.78 is 0. The Bertz CT molecular complexity index is 498. The minimum absolute atomic E-state index is 0.988. The Kier molecular flexibility index (Phi) is 3.77. The highest BCUT2D eigenvalue weighted by molar-refractivity contribution is 5.62. The molecule has 0 amide bonds. The van der Waals surface area contributed by atoms with Gasteiger partial charge in [-0.15, -0.1) is 0 Å². The molecular formula is C16H15N. The Hall–Kier alpha value is -2.28.